The Kier molecular flexibility index (Phi) is 7.85. The second-order valence-corrected chi connectivity index (χ2v) is 5.84. The highest BCUT2D eigenvalue weighted by Crippen LogP contribution is 2.21. The number of halogens is 1. The van der Waals surface area contributed by atoms with Crippen molar-refractivity contribution in [3.8, 4) is 0 Å². The van der Waals surface area contributed by atoms with Gasteiger partial charge in [-0.15, -0.1) is 0 Å². The first kappa shape index (κ1) is 17.2. The lowest BCUT2D eigenvalue weighted by molar-refractivity contribution is 0.0717. The molecule has 0 atom stereocenters. The molecule has 0 saturated heterocycles. The molecule has 20 heavy (non-hydrogen) atoms. The summed E-state index contributed by atoms with van der Waals surface area (Å²) in [6, 6.07) is 5.65. The van der Waals surface area contributed by atoms with Crippen molar-refractivity contribution in [1.29, 1.82) is 0 Å². The molecule has 1 amide bonds. The number of carbonyl (C=O) groups excluding carboxylic acids is 1. The van der Waals surface area contributed by atoms with Gasteiger partial charge in [-0.05, 0) is 31.0 Å². The number of amides is 1. The predicted octanol–water partition coefficient (Wildman–Crippen LogP) is 3.77. The van der Waals surface area contributed by atoms with Crippen LogP contribution in [0.5, 0.6) is 0 Å². The Morgan fingerprint density at radius 3 is 2.65 bits per heavy atom. The molecule has 0 heterocycles. The van der Waals surface area contributed by atoms with E-state index in [1.165, 1.54) is 12.8 Å². The number of hydrogen-bond acceptors (Lipinski definition) is 2. The molecule has 0 fully saturated rings. The monoisotopic (exact) mass is 341 g/mol. The van der Waals surface area contributed by atoms with Crippen LogP contribution in [0.25, 0.3) is 0 Å². The van der Waals surface area contributed by atoms with Crippen molar-refractivity contribution in [3.63, 3.8) is 0 Å². The SMILES string of the molecule is CCCCCCN(CCO)C(=O)c1cccc(Br)c1C. The number of nitrogens with zero attached hydrogens (tertiary/aromatic N) is 1. The topological polar surface area (TPSA) is 40.5 Å². The van der Waals surface area contributed by atoms with E-state index in [9.17, 15) is 4.79 Å². The van der Waals surface area contributed by atoms with Crippen molar-refractivity contribution in [2.75, 3.05) is 19.7 Å². The third-order valence-corrected chi connectivity index (χ3v) is 4.30. The van der Waals surface area contributed by atoms with E-state index in [4.69, 9.17) is 5.11 Å². The maximum Gasteiger partial charge on any atom is 0.254 e. The molecule has 0 aliphatic carbocycles. The third kappa shape index (κ3) is 4.91. The Morgan fingerprint density at radius 1 is 1.25 bits per heavy atom. The van der Waals surface area contributed by atoms with Gasteiger partial charge in [0.15, 0.2) is 0 Å². The molecule has 0 aliphatic heterocycles. The molecule has 1 aromatic carbocycles. The summed E-state index contributed by atoms with van der Waals surface area (Å²) in [6.45, 7) is 5.22. The molecule has 0 unspecified atom stereocenters. The Balaban J connectivity index is 2.74. The first-order valence-corrected chi connectivity index (χ1v) is 8.06. The number of unbranched alkanes of at least 4 members (excludes halogenated alkanes) is 3. The van der Waals surface area contributed by atoms with Gasteiger partial charge in [-0.1, -0.05) is 48.2 Å². The largest absolute Gasteiger partial charge is 0.395 e. The number of aliphatic hydroxyl groups excluding tert-OH is 1. The van der Waals surface area contributed by atoms with E-state index in [0.717, 1.165) is 22.9 Å². The summed E-state index contributed by atoms with van der Waals surface area (Å²) in [5.74, 6) is 0.00866. The van der Waals surface area contributed by atoms with E-state index in [-0.39, 0.29) is 12.5 Å². The standard InChI is InChI=1S/C16H24BrNO2/c1-3-4-5-6-10-18(11-12-19)16(20)14-8-7-9-15(17)13(14)2/h7-9,19H,3-6,10-12H2,1-2H3. The van der Waals surface area contributed by atoms with Crippen LogP contribution in [-0.4, -0.2) is 35.6 Å². The molecule has 0 aliphatic rings. The lowest BCUT2D eigenvalue weighted by Crippen LogP contribution is -2.34. The second-order valence-electron chi connectivity index (χ2n) is 4.99. The van der Waals surface area contributed by atoms with E-state index in [0.29, 0.717) is 18.7 Å². The highest BCUT2D eigenvalue weighted by atomic mass is 79.9. The molecule has 0 saturated carbocycles. The zero-order valence-electron chi connectivity index (χ0n) is 12.4. The van der Waals surface area contributed by atoms with Crippen LogP contribution in [0.3, 0.4) is 0 Å². The third-order valence-electron chi connectivity index (χ3n) is 3.44. The van der Waals surface area contributed by atoms with Crippen LogP contribution in [0.15, 0.2) is 22.7 Å². The molecule has 3 nitrogen and oxygen atoms in total. The van der Waals surface area contributed by atoms with E-state index >= 15 is 0 Å². The molecule has 112 valence electrons. The van der Waals surface area contributed by atoms with Crippen molar-refractivity contribution in [3.05, 3.63) is 33.8 Å². The molecule has 1 rings (SSSR count). The summed E-state index contributed by atoms with van der Waals surface area (Å²) in [4.78, 5) is 14.3. The average Bonchev–Trinajstić information content (AvgIpc) is 2.44. The number of hydrogen-bond donors (Lipinski definition) is 1. The van der Waals surface area contributed by atoms with E-state index in [1.54, 1.807) is 4.90 Å². The smallest absolute Gasteiger partial charge is 0.254 e. The summed E-state index contributed by atoms with van der Waals surface area (Å²) in [6.07, 6.45) is 4.49. The molecular formula is C16H24BrNO2. The molecular weight excluding hydrogens is 318 g/mol. The maximum atomic E-state index is 12.6. The first-order chi connectivity index (χ1) is 9.61. The number of carbonyl (C=O) groups is 1. The van der Waals surface area contributed by atoms with Gasteiger partial charge in [-0.25, -0.2) is 0 Å². The fourth-order valence-corrected chi connectivity index (χ4v) is 2.54. The fourth-order valence-electron chi connectivity index (χ4n) is 2.17. The normalized spacial score (nSPS) is 10.6. The molecule has 0 spiro atoms. The van der Waals surface area contributed by atoms with Gasteiger partial charge in [0.05, 0.1) is 6.61 Å². The van der Waals surface area contributed by atoms with Crippen molar-refractivity contribution in [2.45, 2.75) is 39.5 Å². The van der Waals surface area contributed by atoms with Crippen LogP contribution >= 0.6 is 15.9 Å². The van der Waals surface area contributed by atoms with E-state index in [1.807, 2.05) is 25.1 Å². The van der Waals surface area contributed by atoms with E-state index in [2.05, 4.69) is 22.9 Å². The van der Waals surface area contributed by atoms with Gasteiger partial charge in [0, 0.05) is 23.1 Å². The van der Waals surface area contributed by atoms with Crippen LogP contribution < -0.4 is 0 Å². The molecule has 0 bridgehead atoms. The summed E-state index contributed by atoms with van der Waals surface area (Å²) in [7, 11) is 0. The zero-order chi connectivity index (χ0) is 15.0. The highest BCUT2D eigenvalue weighted by Gasteiger charge is 2.17. The minimum atomic E-state index is 0.00652. The van der Waals surface area contributed by atoms with Crippen molar-refractivity contribution in [1.82, 2.24) is 4.90 Å². The van der Waals surface area contributed by atoms with Crippen molar-refractivity contribution < 1.29 is 9.90 Å². The average molecular weight is 342 g/mol. The van der Waals surface area contributed by atoms with Gasteiger partial charge in [-0.3, -0.25) is 4.79 Å². The van der Waals surface area contributed by atoms with Crippen LogP contribution in [-0.2, 0) is 0 Å². The van der Waals surface area contributed by atoms with E-state index < -0.39 is 0 Å². The Hall–Kier alpha value is -0.870. The quantitative estimate of drug-likeness (QED) is 0.731. The summed E-state index contributed by atoms with van der Waals surface area (Å²) < 4.78 is 0.943. The first-order valence-electron chi connectivity index (χ1n) is 7.27. The maximum absolute atomic E-state index is 12.6. The predicted molar refractivity (Wildman–Crippen MR) is 86.0 cm³/mol. The molecule has 1 aromatic rings. The van der Waals surface area contributed by atoms with Gasteiger partial charge in [0.1, 0.15) is 0 Å². The number of rotatable bonds is 8. The lowest BCUT2D eigenvalue weighted by Gasteiger charge is -2.23. The van der Waals surface area contributed by atoms with Crippen LogP contribution in [0.4, 0.5) is 0 Å². The zero-order valence-corrected chi connectivity index (χ0v) is 13.9. The van der Waals surface area contributed by atoms with Crippen LogP contribution in [0.2, 0.25) is 0 Å². The lowest BCUT2D eigenvalue weighted by atomic mass is 10.1. The molecule has 4 heteroatoms. The van der Waals surface area contributed by atoms with Crippen LogP contribution in [0.1, 0.15) is 48.5 Å². The van der Waals surface area contributed by atoms with Crippen molar-refractivity contribution in [2.24, 2.45) is 0 Å². The van der Waals surface area contributed by atoms with Gasteiger partial charge in [0.2, 0.25) is 0 Å². The Morgan fingerprint density at radius 2 is 2.00 bits per heavy atom. The van der Waals surface area contributed by atoms with Gasteiger partial charge < -0.3 is 10.0 Å². The van der Waals surface area contributed by atoms with Gasteiger partial charge >= 0.3 is 0 Å². The summed E-state index contributed by atoms with van der Waals surface area (Å²) in [5.41, 5.74) is 1.66. The summed E-state index contributed by atoms with van der Waals surface area (Å²) >= 11 is 3.46. The van der Waals surface area contributed by atoms with Gasteiger partial charge in [-0.2, -0.15) is 0 Å². The Labute approximate surface area is 130 Å². The fraction of sp³-hybridized carbons (Fsp3) is 0.562. The van der Waals surface area contributed by atoms with Crippen LogP contribution in [0, 0.1) is 6.92 Å². The Bertz CT molecular complexity index is 434. The minimum Gasteiger partial charge on any atom is -0.395 e. The molecule has 0 aromatic heterocycles. The van der Waals surface area contributed by atoms with Crippen molar-refractivity contribution >= 4 is 21.8 Å². The molecule has 0 radical (unpaired) electrons. The molecule has 1 N–H and O–H groups in total. The summed E-state index contributed by atoms with van der Waals surface area (Å²) in [5, 5.41) is 9.16. The minimum absolute atomic E-state index is 0.00652. The number of aliphatic hydroxyl groups is 1. The van der Waals surface area contributed by atoms with Gasteiger partial charge in [0.25, 0.3) is 5.91 Å². The highest BCUT2D eigenvalue weighted by molar-refractivity contribution is 9.10. The number of benzene rings is 1. The second kappa shape index (κ2) is 9.14.